The summed E-state index contributed by atoms with van der Waals surface area (Å²) in [6.45, 7) is 3.99. The van der Waals surface area contributed by atoms with Crippen molar-refractivity contribution in [3.8, 4) is 5.75 Å². The number of phenolic OH excluding ortho intramolecular Hbond substituents is 1. The van der Waals surface area contributed by atoms with Gasteiger partial charge in [0.15, 0.2) is 0 Å². The van der Waals surface area contributed by atoms with Crippen molar-refractivity contribution in [3.05, 3.63) is 29.6 Å². The van der Waals surface area contributed by atoms with E-state index in [1.807, 2.05) is 0 Å². The summed E-state index contributed by atoms with van der Waals surface area (Å²) in [5, 5.41) is 13.1. The van der Waals surface area contributed by atoms with Crippen LogP contribution >= 0.6 is 12.4 Å². The molecule has 1 aliphatic carbocycles. The number of nitrogens with one attached hydrogen (secondary N) is 1. The topological polar surface area (TPSA) is 35.5 Å². The van der Waals surface area contributed by atoms with Gasteiger partial charge in [0.2, 0.25) is 0 Å². The van der Waals surface area contributed by atoms with Gasteiger partial charge in [0.05, 0.1) is 0 Å². The van der Waals surface area contributed by atoms with Crippen LogP contribution in [-0.2, 0) is 6.54 Å². The Morgan fingerprint density at radius 2 is 1.86 bits per heavy atom. The highest BCUT2D eigenvalue weighted by Crippen LogP contribution is 2.28. The number of phenols is 1. The van der Waals surface area contributed by atoms with Crippen molar-refractivity contribution in [3.63, 3.8) is 0 Å². The molecule has 0 radical (unpaired) electrons. The maximum absolute atomic E-state index is 13.2. The van der Waals surface area contributed by atoms with Gasteiger partial charge in [-0.2, -0.15) is 0 Å². The molecule has 1 heterocycles. The molecule has 3 rings (SSSR count). The van der Waals surface area contributed by atoms with E-state index in [0.29, 0.717) is 6.04 Å². The Hall–Kier alpha value is -0.840. The Morgan fingerprint density at radius 1 is 1.14 bits per heavy atom. The van der Waals surface area contributed by atoms with Crippen molar-refractivity contribution in [2.75, 3.05) is 19.6 Å². The van der Waals surface area contributed by atoms with Gasteiger partial charge < -0.3 is 10.4 Å². The molecular formula is C16H24ClFN2O. The van der Waals surface area contributed by atoms with E-state index in [-0.39, 0.29) is 24.0 Å². The number of benzene rings is 1. The third-order valence-electron chi connectivity index (χ3n) is 4.33. The molecule has 1 saturated heterocycles. The van der Waals surface area contributed by atoms with Gasteiger partial charge in [0.1, 0.15) is 11.6 Å². The second kappa shape index (κ2) is 7.43. The van der Waals surface area contributed by atoms with Gasteiger partial charge in [-0.25, -0.2) is 4.39 Å². The zero-order valence-corrected chi connectivity index (χ0v) is 13.0. The Labute approximate surface area is 131 Å². The van der Waals surface area contributed by atoms with Crippen LogP contribution in [0.25, 0.3) is 0 Å². The smallest absolute Gasteiger partial charge is 0.127 e. The van der Waals surface area contributed by atoms with Crippen molar-refractivity contribution in [1.82, 2.24) is 10.2 Å². The van der Waals surface area contributed by atoms with Gasteiger partial charge >= 0.3 is 0 Å². The van der Waals surface area contributed by atoms with Gasteiger partial charge in [-0.1, -0.05) is 0 Å². The lowest BCUT2D eigenvalue weighted by Crippen LogP contribution is -2.42. The lowest BCUT2D eigenvalue weighted by atomic mass is 10.0. The van der Waals surface area contributed by atoms with Gasteiger partial charge in [0, 0.05) is 18.7 Å². The SMILES string of the molecule is Cl.Oc1cc(F)cc(CN2CCC(NCC3CC3)CC2)c1. The molecule has 0 aromatic heterocycles. The first kappa shape index (κ1) is 16.5. The van der Waals surface area contributed by atoms with E-state index in [4.69, 9.17) is 0 Å². The van der Waals surface area contributed by atoms with Crippen LogP contribution in [0.5, 0.6) is 5.75 Å². The second-order valence-electron chi connectivity index (χ2n) is 6.22. The maximum atomic E-state index is 13.2. The summed E-state index contributed by atoms with van der Waals surface area (Å²) in [4.78, 5) is 2.34. The lowest BCUT2D eigenvalue weighted by Gasteiger charge is -2.32. The number of hydrogen-bond donors (Lipinski definition) is 2. The average Bonchev–Trinajstić information content (AvgIpc) is 3.21. The van der Waals surface area contributed by atoms with Gasteiger partial charge in [-0.05, 0) is 68.9 Å². The molecular weight excluding hydrogens is 291 g/mol. The van der Waals surface area contributed by atoms with Crippen LogP contribution in [-0.4, -0.2) is 35.7 Å². The zero-order valence-electron chi connectivity index (χ0n) is 12.2. The molecule has 2 N–H and O–H groups in total. The molecule has 0 amide bonds. The van der Waals surface area contributed by atoms with Crippen molar-refractivity contribution >= 4 is 12.4 Å². The zero-order chi connectivity index (χ0) is 13.9. The van der Waals surface area contributed by atoms with Crippen molar-refractivity contribution in [2.45, 2.75) is 38.3 Å². The number of likely N-dealkylation sites (tertiary alicyclic amines) is 1. The highest BCUT2D eigenvalue weighted by atomic mass is 35.5. The molecule has 2 aliphatic rings. The number of aromatic hydroxyl groups is 1. The molecule has 1 saturated carbocycles. The predicted molar refractivity (Wildman–Crippen MR) is 84.3 cm³/mol. The minimum Gasteiger partial charge on any atom is -0.508 e. The predicted octanol–water partition coefficient (Wildman–Crippen LogP) is 2.92. The molecule has 5 heteroatoms. The van der Waals surface area contributed by atoms with E-state index in [1.165, 1.54) is 25.5 Å². The van der Waals surface area contributed by atoms with E-state index in [9.17, 15) is 9.50 Å². The minimum atomic E-state index is -0.360. The largest absolute Gasteiger partial charge is 0.508 e. The molecule has 3 nitrogen and oxygen atoms in total. The molecule has 2 fully saturated rings. The van der Waals surface area contributed by atoms with Crippen molar-refractivity contribution < 1.29 is 9.50 Å². The Morgan fingerprint density at radius 3 is 2.48 bits per heavy atom. The third kappa shape index (κ3) is 5.13. The van der Waals surface area contributed by atoms with Crippen LogP contribution in [0.15, 0.2) is 18.2 Å². The fourth-order valence-corrected chi connectivity index (χ4v) is 2.93. The number of rotatable bonds is 5. The third-order valence-corrected chi connectivity index (χ3v) is 4.33. The monoisotopic (exact) mass is 314 g/mol. The van der Waals surface area contributed by atoms with Crippen LogP contribution in [0.4, 0.5) is 4.39 Å². The number of nitrogens with zero attached hydrogens (tertiary/aromatic N) is 1. The van der Waals surface area contributed by atoms with E-state index >= 15 is 0 Å². The fourth-order valence-electron chi connectivity index (χ4n) is 2.93. The minimum absolute atomic E-state index is 0. The molecule has 1 aliphatic heterocycles. The maximum Gasteiger partial charge on any atom is 0.127 e. The van der Waals surface area contributed by atoms with E-state index in [0.717, 1.165) is 50.0 Å². The van der Waals surface area contributed by atoms with E-state index in [2.05, 4.69) is 10.2 Å². The summed E-state index contributed by atoms with van der Waals surface area (Å²) in [5.41, 5.74) is 0.854. The molecule has 1 aromatic carbocycles. The first-order valence-electron chi connectivity index (χ1n) is 7.63. The van der Waals surface area contributed by atoms with Crippen molar-refractivity contribution in [1.29, 1.82) is 0 Å². The highest BCUT2D eigenvalue weighted by molar-refractivity contribution is 5.85. The van der Waals surface area contributed by atoms with Crippen LogP contribution in [0.3, 0.4) is 0 Å². The number of piperidine rings is 1. The van der Waals surface area contributed by atoms with E-state index < -0.39 is 0 Å². The van der Waals surface area contributed by atoms with Gasteiger partial charge in [-0.3, -0.25) is 4.90 Å². The normalized spacial score (nSPS) is 20.2. The summed E-state index contributed by atoms with van der Waals surface area (Å²) in [6.07, 6.45) is 5.12. The molecule has 0 spiro atoms. The second-order valence-corrected chi connectivity index (χ2v) is 6.22. The van der Waals surface area contributed by atoms with E-state index in [1.54, 1.807) is 6.07 Å². The molecule has 0 atom stereocenters. The summed E-state index contributed by atoms with van der Waals surface area (Å²) < 4.78 is 13.2. The summed E-state index contributed by atoms with van der Waals surface area (Å²) in [7, 11) is 0. The molecule has 0 unspecified atom stereocenters. The van der Waals surface area contributed by atoms with Crippen LogP contribution < -0.4 is 5.32 Å². The first-order chi connectivity index (χ1) is 9.69. The molecule has 21 heavy (non-hydrogen) atoms. The van der Waals surface area contributed by atoms with Crippen molar-refractivity contribution in [2.24, 2.45) is 5.92 Å². The Kier molecular flexibility index (Phi) is 5.85. The standard InChI is InChI=1S/C16H23FN2O.ClH/c17-14-7-13(8-16(20)9-14)11-19-5-3-15(4-6-19)18-10-12-1-2-12;/h7-9,12,15,18,20H,1-6,10-11H2;1H. The summed E-state index contributed by atoms with van der Waals surface area (Å²) >= 11 is 0. The van der Waals surface area contributed by atoms with Gasteiger partial charge in [-0.15, -0.1) is 12.4 Å². The summed E-state index contributed by atoms with van der Waals surface area (Å²) in [5.74, 6) is 0.588. The average molecular weight is 315 g/mol. The molecule has 1 aromatic rings. The van der Waals surface area contributed by atoms with Crippen LogP contribution in [0.1, 0.15) is 31.2 Å². The number of hydrogen-bond acceptors (Lipinski definition) is 3. The van der Waals surface area contributed by atoms with Crippen LogP contribution in [0.2, 0.25) is 0 Å². The summed E-state index contributed by atoms with van der Waals surface area (Å²) in [6, 6.07) is 4.96. The molecule has 118 valence electrons. The van der Waals surface area contributed by atoms with Gasteiger partial charge in [0.25, 0.3) is 0 Å². The fraction of sp³-hybridized carbons (Fsp3) is 0.625. The number of halogens is 2. The van der Waals surface area contributed by atoms with Crippen LogP contribution in [0, 0.1) is 11.7 Å². The quantitative estimate of drug-likeness (QED) is 0.877. The molecule has 0 bridgehead atoms. The highest BCUT2D eigenvalue weighted by Gasteiger charge is 2.24. The Bertz CT molecular complexity index is 439. The first-order valence-corrected chi connectivity index (χ1v) is 7.63. The Balaban J connectivity index is 0.00000161. The lowest BCUT2D eigenvalue weighted by molar-refractivity contribution is 0.190.